The number of hydrogen-bond donors (Lipinski definition) is 0. The number of methoxy groups -OCH3 is 1. The molecule has 0 radical (unpaired) electrons. The first-order valence-corrected chi connectivity index (χ1v) is 4.47. The molecule has 3 nitrogen and oxygen atoms in total. The van der Waals surface area contributed by atoms with E-state index in [-0.39, 0.29) is 11.5 Å². The standard InChI is InChI=1S/C11H9F3O3/c1-7(11(12,13)14)10(15)17-9-6-4-3-5-8(9)16-2/h3-6H,1H2,2H3. The molecule has 0 atom stereocenters. The molecule has 0 aliphatic rings. The van der Waals surface area contributed by atoms with Crippen LogP contribution in [0.3, 0.4) is 0 Å². The Balaban J connectivity index is 2.85. The van der Waals surface area contributed by atoms with Crippen molar-refractivity contribution in [1.29, 1.82) is 0 Å². The summed E-state index contributed by atoms with van der Waals surface area (Å²) in [5.74, 6) is -1.48. The van der Waals surface area contributed by atoms with Crippen molar-refractivity contribution in [3.05, 3.63) is 36.4 Å². The maximum absolute atomic E-state index is 12.2. The van der Waals surface area contributed by atoms with E-state index in [2.05, 4.69) is 11.3 Å². The third-order valence-corrected chi connectivity index (χ3v) is 1.86. The minimum Gasteiger partial charge on any atom is -0.493 e. The summed E-state index contributed by atoms with van der Waals surface area (Å²) in [6.07, 6.45) is -4.81. The molecule has 0 amide bonds. The highest BCUT2D eigenvalue weighted by Gasteiger charge is 2.38. The molecule has 0 aromatic heterocycles. The maximum atomic E-state index is 12.2. The lowest BCUT2D eigenvalue weighted by Gasteiger charge is -2.11. The van der Waals surface area contributed by atoms with Crippen molar-refractivity contribution in [2.24, 2.45) is 0 Å². The largest absolute Gasteiger partial charge is 0.493 e. The number of carbonyl (C=O) groups excluding carboxylic acids is 1. The lowest BCUT2D eigenvalue weighted by atomic mass is 10.3. The van der Waals surface area contributed by atoms with Gasteiger partial charge in [0, 0.05) is 0 Å². The number of para-hydroxylation sites is 2. The Bertz CT molecular complexity index is 438. The summed E-state index contributed by atoms with van der Waals surface area (Å²) >= 11 is 0. The van der Waals surface area contributed by atoms with Crippen molar-refractivity contribution in [1.82, 2.24) is 0 Å². The molecule has 0 fully saturated rings. The highest BCUT2D eigenvalue weighted by molar-refractivity contribution is 5.91. The molecule has 0 aliphatic carbocycles. The summed E-state index contributed by atoms with van der Waals surface area (Å²) in [5, 5.41) is 0. The third-order valence-electron chi connectivity index (χ3n) is 1.86. The van der Waals surface area contributed by atoms with E-state index < -0.39 is 17.7 Å². The molecule has 0 heterocycles. The topological polar surface area (TPSA) is 35.5 Å². The average Bonchev–Trinajstić information content (AvgIpc) is 2.27. The fraction of sp³-hybridized carbons (Fsp3) is 0.182. The first-order chi connectivity index (χ1) is 7.86. The van der Waals surface area contributed by atoms with Crippen LogP contribution in [0.25, 0.3) is 0 Å². The molecule has 1 aromatic rings. The summed E-state index contributed by atoms with van der Waals surface area (Å²) in [4.78, 5) is 11.1. The second kappa shape index (κ2) is 4.90. The van der Waals surface area contributed by atoms with E-state index in [9.17, 15) is 18.0 Å². The van der Waals surface area contributed by atoms with Gasteiger partial charge in [-0.25, -0.2) is 4.79 Å². The lowest BCUT2D eigenvalue weighted by molar-refractivity contribution is -0.142. The Hall–Kier alpha value is -1.98. The van der Waals surface area contributed by atoms with Crippen LogP contribution in [0, 0.1) is 0 Å². The predicted molar refractivity (Wildman–Crippen MR) is 53.8 cm³/mol. The maximum Gasteiger partial charge on any atom is 0.422 e. The van der Waals surface area contributed by atoms with Gasteiger partial charge in [-0.2, -0.15) is 13.2 Å². The van der Waals surface area contributed by atoms with Crippen LogP contribution in [-0.4, -0.2) is 19.3 Å². The zero-order chi connectivity index (χ0) is 13.1. The lowest BCUT2D eigenvalue weighted by Crippen LogP contribution is -2.23. The quantitative estimate of drug-likeness (QED) is 0.467. The van der Waals surface area contributed by atoms with Crippen LogP contribution in [0.1, 0.15) is 0 Å². The van der Waals surface area contributed by atoms with Gasteiger partial charge in [-0.1, -0.05) is 18.7 Å². The fourth-order valence-electron chi connectivity index (χ4n) is 0.980. The molecule has 6 heteroatoms. The SMILES string of the molecule is C=C(C(=O)Oc1ccccc1OC)C(F)(F)F. The van der Waals surface area contributed by atoms with Gasteiger partial charge in [-0.05, 0) is 12.1 Å². The van der Waals surface area contributed by atoms with Crippen LogP contribution in [-0.2, 0) is 4.79 Å². The van der Waals surface area contributed by atoms with Crippen molar-refractivity contribution < 1.29 is 27.4 Å². The zero-order valence-electron chi connectivity index (χ0n) is 8.88. The predicted octanol–water partition coefficient (Wildman–Crippen LogP) is 2.72. The van der Waals surface area contributed by atoms with Gasteiger partial charge in [-0.15, -0.1) is 0 Å². The first-order valence-electron chi connectivity index (χ1n) is 4.47. The Morgan fingerprint density at radius 1 is 1.24 bits per heavy atom. The minimum atomic E-state index is -4.81. The molecule has 0 saturated carbocycles. The Morgan fingerprint density at radius 2 is 1.76 bits per heavy atom. The Labute approximate surface area is 95.5 Å². The van der Waals surface area contributed by atoms with E-state index in [0.717, 1.165) is 0 Å². The van der Waals surface area contributed by atoms with E-state index in [1.54, 1.807) is 6.07 Å². The molecule has 0 saturated heterocycles. The van der Waals surface area contributed by atoms with Crippen molar-refractivity contribution in [3.63, 3.8) is 0 Å². The molecule has 0 aliphatic heterocycles. The summed E-state index contributed by atoms with van der Waals surface area (Å²) in [6.45, 7) is 2.64. The Kier molecular flexibility index (Phi) is 3.77. The van der Waals surface area contributed by atoms with Gasteiger partial charge in [0.1, 0.15) is 5.57 Å². The van der Waals surface area contributed by atoms with Gasteiger partial charge in [0.2, 0.25) is 0 Å². The van der Waals surface area contributed by atoms with Crippen LogP contribution in [0.15, 0.2) is 36.4 Å². The number of rotatable bonds is 3. The van der Waals surface area contributed by atoms with Crippen LogP contribution >= 0.6 is 0 Å². The van der Waals surface area contributed by atoms with Gasteiger partial charge < -0.3 is 9.47 Å². The second-order valence-corrected chi connectivity index (χ2v) is 3.02. The monoisotopic (exact) mass is 246 g/mol. The Morgan fingerprint density at radius 3 is 2.24 bits per heavy atom. The second-order valence-electron chi connectivity index (χ2n) is 3.02. The number of halogens is 3. The molecule has 0 N–H and O–H groups in total. The molecule has 0 unspecified atom stereocenters. The molecule has 92 valence electrons. The molecular formula is C11H9F3O3. The number of alkyl halides is 3. The molecule has 1 aromatic carbocycles. The molecular weight excluding hydrogens is 237 g/mol. The fourth-order valence-corrected chi connectivity index (χ4v) is 0.980. The van der Waals surface area contributed by atoms with Gasteiger partial charge >= 0.3 is 12.1 Å². The van der Waals surface area contributed by atoms with Gasteiger partial charge in [0.05, 0.1) is 7.11 Å². The highest BCUT2D eigenvalue weighted by atomic mass is 19.4. The summed E-state index contributed by atoms with van der Waals surface area (Å²) in [7, 11) is 1.31. The van der Waals surface area contributed by atoms with E-state index in [4.69, 9.17) is 4.74 Å². The summed E-state index contributed by atoms with van der Waals surface area (Å²) in [6, 6.07) is 5.87. The van der Waals surface area contributed by atoms with E-state index in [1.807, 2.05) is 0 Å². The molecule has 0 spiro atoms. The van der Waals surface area contributed by atoms with Gasteiger partial charge in [0.15, 0.2) is 11.5 Å². The van der Waals surface area contributed by atoms with Crippen molar-refractivity contribution in [2.75, 3.05) is 7.11 Å². The highest BCUT2D eigenvalue weighted by Crippen LogP contribution is 2.29. The third kappa shape index (κ3) is 3.24. The van der Waals surface area contributed by atoms with Crippen molar-refractivity contribution in [3.8, 4) is 11.5 Å². The summed E-state index contributed by atoms with van der Waals surface area (Å²) < 4.78 is 45.8. The molecule has 1 rings (SSSR count). The molecule has 17 heavy (non-hydrogen) atoms. The molecule has 0 bridgehead atoms. The number of hydrogen-bond acceptors (Lipinski definition) is 3. The van der Waals surface area contributed by atoms with Crippen LogP contribution in [0.5, 0.6) is 11.5 Å². The normalized spacial score (nSPS) is 10.8. The van der Waals surface area contributed by atoms with Crippen LogP contribution in [0.2, 0.25) is 0 Å². The average molecular weight is 246 g/mol. The number of benzene rings is 1. The van der Waals surface area contributed by atoms with Gasteiger partial charge in [0.25, 0.3) is 0 Å². The summed E-state index contributed by atoms with van der Waals surface area (Å²) in [5.41, 5.74) is -1.57. The number of ether oxygens (including phenoxy) is 2. The number of esters is 1. The van der Waals surface area contributed by atoms with E-state index in [1.165, 1.54) is 25.3 Å². The minimum absolute atomic E-state index is 0.0922. The van der Waals surface area contributed by atoms with E-state index in [0.29, 0.717) is 0 Å². The van der Waals surface area contributed by atoms with Gasteiger partial charge in [-0.3, -0.25) is 0 Å². The number of carbonyl (C=O) groups is 1. The smallest absolute Gasteiger partial charge is 0.422 e. The van der Waals surface area contributed by atoms with Crippen molar-refractivity contribution >= 4 is 5.97 Å². The van der Waals surface area contributed by atoms with E-state index >= 15 is 0 Å². The van der Waals surface area contributed by atoms with Crippen molar-refractivity contribution in [2.45, 2.75) is 6.18 Å². The van der Waals surface area contributed by atoms with Crippen LogP contribution < -0.4 is 9.47 Å². The first kappa shape index (κ1) is 13.1. The van der Waals surface area contributed by atoms with Crippen LogP contribution in [0.4, 0.5) is 13.2 Å². The zero-order valence-corrected chi connectivity index (χ0v) is 8.88.